The van der Waals surface area contributed by atoms with E-state index in [1.54, 1.807) is 18.2 Å². The van der Waals surface area contributed by atoms with Crippen molar-refractivity contribution in [1.82, 2.24) is 0 Å². The van der Waals surface area contributed by atoms with Gasteiger partial charge in [-0.05, 0) is 52.9 Å². The number of nitrogen functional groups attached to an aromatic ring is 1. The first kappa shape index (κ1) is 12.4. The molecule has 17 heavy (non-hydrogen) atoms. The van der Waals surface area contributed by atoms with Crippen LogP contribution in [0.2, 0.25) is 5.02 Å². The number of ether oxygens (including phenoxy) is 1. The molecule has 0 heterocycles. The standard InChI is InChI=1S/C12H8ClFINO/c13-9-6-8(2-3-10(9)14)17-12-4-1-7(16)5-11(12)15/h1-6H,16H2. The molecule has 0 saturated heterocycles. The maximum atomic E-state index is 13.0. The molecule has 0 spiro atoms. The van der Waals surface area contributed by atoms with E-state index in [2.05, 4.69) is 22.6 Å². The Morgan fingerprint density at radius 1 is 1.18 bits per heavy atom. The van der Waals surface area contributed by atoms with Crippen molar-refractivity contribution < 1.29 is 9.13 Å². The Balaban J connectivity index is 2.28. The Kier molecular flexibility index (Phi) is 3.73. The smallest absolute Gasteiger partial charge is 0.142 e. The van der Waals surface area contributed by atoms with E-state index in [1.165, 1.54) is 18.2 Å². The largest absolute Gasteiger partial charge is 0.456 e. The zero-order valence-corrected chi connectivity index (χ0v) is 11.5. The van der Waals surface area contributed by atoms with Crippen molar-refractivity contribution in [3.05, 3.63) is 50.8 Å². The number of anilines is 1. The molecule has 2 aromatic rings. The van der Waals surface area contributed by atoms with Gasteiger partial charge in [0.05, 0.1) is 8.59 Å². The highest BCUT2D eigenvalue weighted by atomic mass is 127. The van der Waals surface area contributed by atoms with E-state index in [0.29, 0.717) is 17.2 Å². The van der Waals surface area contributed by atoms with E-state index < -0.39 is 5.82 Å². The lowest BCUT2D eigenvalue weighted by Gasteiger charge is -2.08. The van der Waals surface area contributed by atoms with E-state index >= 15 is 0 Å². The Labute approximate surface area is 117 Å². The zero-order chi connectivity index (χ0) is 12.4. The second-order valence-corrected chi connectivity index (χ2v) is 4.94. The maximum Gasteiger partial charge on any atom is 0.142 e. The highest BCUT2D eigenvalue weighted by molar-refractivity contribution is 14.1. The first-order valence-electron chi connectivity index (χ1n) is 4.74. The van der Waals surface area contributed by atoms with Gasteiger partial charge in [0.1, 0.15) is 17.3 Å². The van der Waals surface area contributed by atoms with Crippen molar-refractivity contribution in [2.24, 2.45) is 0 Å². The lowest BCUT2D eigenvalue weighted by molar-refractivity contribution is 0.477. The van der Waals surface area contributed by atoms with Crippen LogP contribution in [0.25, 0.3) is 0 Å². The molecule has 0 aliphatic carbocycles. The molecular formula is C12H8ClFINO. The predicted molar refractivity (Wildman–Crippen MR) is 75.1 cm³/mol. The van der Waals surface area contributed by atoms with Crippen LogP contribution in [0.1, 0.15) is 0 Å². The minimum atomic E-state index is -0.467. The van der Waals surface area contributed by atoms with Crippen LogP contribution in [-0.2, 0) is 0 Å². The Hall–Kier alpha value is -1.01. The number of rotatable bonds is 2. The van der Waals surface area contributed by atoms with Crippen LogP contribution < -0.4 is 10.5 Å². The minimum absolute atomic E-state index is 0.0351. The van der Waals surface area contributed by atoms with Gasteiger partial charge in [0.2, 0.25) is 0 Å². The van der Waals surface area contributed by atoms with Crippen LogP contribution in [0, 0.1) is 9.39 Å². The summed E-state index contributed by atoms with van der Waals surface area (Å²) in [5.74, 6) is 0.674. The SMILES string of the molecule is Nc1ccc(Oc2ccc(F)c(Cl)c2)c(I)c1. The van der Waals surface area contributed by atoms with Gasteiger partial charge in [-0.15, -0.1) is 0 Å². The molecule has 0 saturated carbocycles. The lowest BCUT2D eigenvalue weighted by Crippen LogP contribution is -1.91. The summed E-state index contributed by atoms with van der Waals surface area (Å²) in [7, 11) is 0. The zero-order valence-electron chi connectivity index (χ0n) is 8.58. The summed E-state index contributed by atoms with van der Waals surface area (Å²) in [6.45, 7) is 0. The van der Waals surface area contributed by atoms with Crippen molar-refractivity contribution in [2.45, 2.75) is 0 Å². The summed E-state index contributed by atoms with van der Waals surface area (Å²) in [6, 6.07) is 9.51. The van der Waals surface area contributed by atoms with E-state index in [0.717, 1.165) is 3.57 Å². The van der Waals surface area contributed by atoms with Crippen LogP contribution in [0.5, 0.6) is 11.5 Å². The first-order chi connectivity index (χ1) is 8.06. The molecule has 5 heteroatoms. The summed E-state index contributed by atoms with van der Waals surface area (Å²) < 4.78 is 19.4. The molecule has 2 N–H and O–H groups in total. The van der Waals surface area contributed by atoms with Gasteiger partial charge in [-0.3, -0.25) is 0 Å². The molecular weight excluding hydrogens is 355 g/mol. The van der Waals surface area contributed by atoms with Crippen molar-refractivity contribution in [3.8, 4) is 11.5 Å². The quantitative estimate of drug-likeness (QED) is 0.632. The third-order valence-electron chi connectivity index (χ3n) is 2.07. The van der Waals surface area contributed by atoms with Crippen LogP contribution in [0.3, 0.4) is 0 Å². The molecule has 2 rings (SSSR count). The van der Waals surface area contributed by atoms with Crippen molar-refractivity contribution >= 4 is 39.9 Å². The highest BCUT2D eigenvalue weighted by Crippen LogP contribution is 2.30. The molecule has 0 radical (unpaired) electrons. The third-order valence-corrected chi connectivity index (χ3v) is 3.21. The Bertz CT molecular complexity index is 562. The number of halogens is 3. The second kappa shape index (κ2) is 5.10. The molecule has 0 fully saturated rings. The molecule has 0 aromatic heterocycles. The summed E-state index contributed by atoms with van der Waals surface area (Å²) in [5, 5.41) is 0.0351. The van der Waals surface area contributed by atoms with E-state index in [1.807, 2.05) is 0 Å². The van der Waals surface area contributed by atoms with Crippen LogP contribution in [0.15, 0.2) is 36.4 Å². The van der Waals surface area contributed by atoms with Gasteiger partial charge in [-0.25, -0.2) is 4.39 Å². The molecule has 88 valence electrons. The van der Waals surface area contributed by atoms with Gasteiger partial charge in [0.15, 0.2) is 0 Å². The molecule has 0 aliphatic rings. The number of hydrogen-bond donors (Lipinski definition) is 1. The first-order valence-corrected chi connectivity index (χ1v) is 6.20. The van der Waals surface area contributed by atoms with Crippen molar-refractivity contribution in [1.29, 1.82) is 0 Å². The van der Waals surface area contributed by atoms with E-state index in [4.69, 9.17) is 22.1 Å². The number of hydrogen-bond acceptors (Lipinski definition) is 2. The van der Waals surface area contributed by atoms with Crippen LogP contribution in [0.4, 0.5) is 10.1 Å². The molecule has 0 bridgehead atoms. The fraction of sp³-hybridized carbons (Fsp3) is 0. The van der Waals surface area contributed by atoms with Crippen molar-refractivity contribution in [3.63, 3.8) is 0 Å². The molecule has 0 unspecified atom stereocenters. The van der Waals surface area contributed by atoms with Gasteiger partial charge < -0.3 is 10.5 Å². The van der Waals surface area contributed by atoms with Gasteiger partial charge in [0, 0.05) is 11.8 Å². The normalized spacial score (nSPS) is 10.3. The lowest BCUT2D eigenvalue weighted by atomic mass is 10.3. The van der Waals surface area contributed by atoms with Gasteiger partial charge >= 0.3 is 0 Å². The van der Waals surface area contributed by atoms with Gasteiger partial charge in [-0.1, -0.05) is 11.6 Å². The molecule has 0 amide bonds. The molecule has 2 aromatic carbocycles. The summed E-state index contributed by atoms with van der Waals surface area (Å²) in [6.07, 6.45) is 0. The highest BCUT2D eigenvalue weighted by Gasteiger charge is 2.05. The minimum Gasteiger partial charge on any atom is -0.456 e. The maximum absolute atomic E-state index is 13.0. The topological polar surface area (TPSA) is 35.2 Å². The fourth-order valence-electron chi connectivity index (χ4n) is 1.27. The van der Waals surface area contributed by atoms with Gasteiger partial charge in [0.25, 0.3) is 0 Å². The van der Waals surface area contributed by atoms with Crippen LogP contribution in [-0.4, -0.2) is 0 Å². The molecule has 0 atom stereocenters. The van der Waals surface area contributed by atoms with Crippen molar-refractivity contribution in [2.75, 3.05) is 5.73 Å². The average Bonchev–Trinajstić information content (AvgIpc) is 2.27. The third kappa shape index (κ3) is 3.01. The van der Waals surface area contributed by atoms with E-state index in [9.17, 15) is 4.39 Å². The molecule has 0 aliphatic heterocycles. The summed E-state index contributed by atoms with van der Waals surface area (Å²) in [4.78, 5) is 0. The van der Waals surface area contributed by atoms with Gasteiger partial charge in [-0.2, -0.15) is 0 Å². The average molecular weight is 364 g/mol. The summed E-state index contributed by atoms with van der Waals surface area (Å²) in [5.41, 5.74) is 6.30. The predicted octanol–water partition coefficient (Wildman–Crippen LogP) is 4.46. The Morgan fingerprint density at radius 2 is 1.94 bits per heavy atom. The molecule has 2 nitrogen and oxygen atoms in total. The fourth-order valence-corrected chi connectivity index (χ4v) is 2.09. The number of nitrogens with two attached hydrogens (primary N) is 1. The van der Waals surface area contributed by atoms with Crippen LogP contribution >= 0.6 is 34.2 Å². The summed E-state index contributed by atoms with van der Waals surface area (Å²) >= 11 is 7.78. The number of benzene rings is 2. The Morgan fingerprint density at radius 3 is 2.59 bits per heavy atom. The monoisotopic (exact) mass is 363 g/mol. The van der Waals surface area contributed by atoms with E-state index in [-0.39, 0.29) is 5.02 Å². The second-order valence-electron chi connectivity index (χ2n) is 3.37.